The number of aromatic carboxylic acids is 2. The molecule has 0 aliphatic heterocycles. The molecule has 308 valence electrons. The molecule has 0 aliphatic carbocycles. The van der Waals surface area contributed by atoms with Gasteiger partial charge in [-0.05, 0) is 145 Å². The molecule has 0 bridgehead atoms. The van der Waals surface area contributed by atoms with Crippen LogP contribution in [0.5, 0.6) is 0 Å². The van der Waals surface area contributed by atoms with Crippen molar-refractivity contribution in [3.8, 4) is 0 Å². The minimum atomic E-state index is -3.80. The number of halogens is 2. The van der Waals surface area contributed by atoms with Crippen molar-refractivity contribution in [1.29, 1.82) is 0 Å². The molecule has 0 unspecified atom stereocenters. The van der Waals surface area contributed by atoms with Crippen LogP contribution >= 0.6 is 22.9 Å². The Kier molecular flexibility index (Phi) is 13.7. The van der Waals surface area contributed by atoms with Gasteiger partial charge in [-0.2, -0.15) is 0 Å². The topological polar surface area (TPSA) is 167 Å². The first kappa shape index (κ1) is 43.5. The molecule has 4 N–H and O–H groups in total. The Hall–Kier alpha value is -6.06. The van der Waals surface area contributed by atoms with Gasteiger partial charge >= 0.3 is 11.9 Å². The number of benzene rings is 6. The molecule has 0 atom stereocenters. The van der Waals surface area contributed by atoms with E-state index in [0.717, 1.165) is 44.5 Å². The van der Waals surface area contributed by atoms with Gasteiger partial charge in [-0.3, -0.25) is 9.44 Å². The van der Waals surface area contributed by atoms with Gasteiger partial charge in [0.2, 0.25) is 0 Å². The van der Waals surface area contributed by atoms with E-state index in [1.54, 1.807) is 91.9 Å². The van der Waals surface area contributed by atoms with Crippen LogP contribution < -0.4 is 9.44 Å². The van der Waals surface area contributed by atoms with Crippen molar-refractivity contribution in [2.75, 3.05) is 9.44 Å². The number of fused-ring (bicyclic) bond motifs is 1. The van der Waals surface area contributed by atoms with Crippen LogP contribution in [0.3, 0.4) is 0 Å². The molecule has 0 radical (unpaired) electrons. The van der Waals surface area contributed by atoms with Crippen LogP contribution in [0, 0.1) is 12.7 Å². The highest BCUT2D eigenvalue weighted by atomic mass is 35.5. The molecule has 15 heteroatoms. The Morgan fingerprint density at radius 3 is 1.57 bits per heavy atom. The number of carbonyl (C=O) groups is 2. The molecule has 0 aliphatic rings. The van der Waals surface area contributed by atoms with E-state index in [2.05, 4.69) is 9.44 Å². The average molecular weight is 885 g/mol. The molecule has 10 nitrogen and oxygen atoms in total. The van der Waals surface area contributed by atoms with Crippen LogP contribution in [0.2, 0.25) is 5.02 Å². The van der Waals surface area contributed by atoms with Gasteiger partial charge < -0.3 is 10.2 Å². The Balaban J connectivity index is 0.000000203. The van der Waals surface area contributed by atoms with Gasteiger partial charge in [0.25, 0.3) is 20.0 Å². The van der Waals surface area contributed by atoms with Crippen molar-refractivity contribution in [2.45, 2.75) is 41.7 Å². The van der Waals surface area contributed by atoms with Crippen molar-refractivity contribution in [3.63, 3.8) is 0 Å². The molecule has 0 spiro atoms. The van der Waals surface area contributed by atoms with Crippen LogP contribution in [0.15, 0.2) is 149 Å². The van der Waals surface area contributed by atoms with Crippen molar-refractivity contribution in [1.82, 2.24) is 0 Å². The third-order valence-electron chi connectivity index (χ3n) is 9.50. The van der Waals surface area contributed by atoms with Crippen LogP contribution in [0.25, 0.3) is 10.1 Å². The minimum absolute atomic E-state index is 0.0248. The summed E-state index contributed by atoms with van der Waals surface area (Å²) < 4.78 is 69.8. The molecule has 0 fully saturated rings. The van der Waals surface area contributed by atoms with Gasteiger partial charge in [0.1, 0.15) is 10.0 Å². The van der Waals surface area contributed by atoms with E-state index in [9.17, 15) is 41.0 Å². The van der Waals surface area contributed by atoms with E-state index >= 15 is 0 Å². The molecular formula is C45H38ClFN2O8S3. The molecular weight excluding hydrogens is 847 g/mol. The summed E-state index contributed by atoms with van der Waals surface area (Å²) in [7, 11) is -7.54. The zero-order valence-electron chi connectivity index (χ0n) is 31.9. The number of anilines is 2. The fraction of sp³-hybridized carbons (Fsp3) is 0.111. The van der Waals surface area contributed by atoms with Crippen molar-refractivity contribution in [3.05, 3.63) is 189 Å². The normalized spacial score (nSPS) is 11.4. The van der Waals surface area contributed by atoms with E-state index in [1.807, 2.05) is 30.3 Å². The van der Waals surface area contributed by atoms with Crippen molar-refractivity contribution < 1.29 is 41.0 Å². The molecule has 7 aromatic rings. The van der Waals surface area contributed by atoms with Crippen LogP contribution in [0.1, 0.15) is 48.5 Å². The van der Waals surface area contributed by atoms with Crippen molar-refractivity contribution >= 4 is 76.4 Å². The fourth-order valence-electron chi connectivity index (χ4n) is 6.39. The quantitative estimate of drug-likeness (QED) is 0.0837. The maximum atomic E-state index is 13.0. The summed E-state index contributed by atoms with van der Waals surface area (Å²) in [6.07, 6.45) is 2.41. The summed E-state index contributed by atoms with van der Waals surface area (Å²) in [5.41, 5.74) is 5.57. The van der Waals surface area contributed by atoms with Gasteiger partial charge in [-0.1, -0.05) is 72.3 Å². The summed E-state index contributed by atoms with van der Waals surface area (Å²) in [6.45, 7) is 1.78. The minimum Gasteiger partial charge on any atom is -0.478 e. The predicted molar refractivity (Wildman–Crippen MR) is 234 cm³/mol. The third-order valence-corrected chi connectivity index (χ3v) is 14.4. The lowest BCUT2D eigenvalue weighted by atomic mass is 10.00. The summed E-state index contributed by atoms with van der Waals surface area (Å²) in [6, 6.07) is 37.7. The zero-order valence-corrected chi connectivity index (χ0v) is 35.1. The third kappa shape index (κ3) is 11.0. The number of hydrogen-bond donors (Lipinski definition) is 4. The van der Waals surface area contributed by atoms with Crippen LogP contribution in [-0.4, -0.2) is 39.0 Å². The van der Waals surface area contributed by atoms with E-state index in [0.29, 0.717) is 53.2 Å². The maximum Gasteiger partial charge on any atom is 0.335 e. The number of carboxylic acids is 2. The first-order valence-corrected chi connectivity index (χ1v) is 22.6. The SMILES string of the molecule is Cc1c(S(=O)(=O)Nc2ccc(CCc3ccccc3C(=O)O)cc2)sc2ccc(Cl)cc12.O=C(O)c1ccccc1CCc1ccc(NS(=O)(=O)c2ccc(F)cc2)cc1. The monoisotopic (exact) mass is 884 g/mol. The first-order valence-electron chi connectivity index (χ1n) is 18.4. The highest BCUT2D eigenvalue weighted by Gasteiger charge is 2.22. The standard InChI is InChI=1S/C24H20ClNO4S2.C21H18FNO4S/c1-15-21-14-18(25)10-13-22(21)31-24(15)32(29,30)26-19-11-7-16(8-12-19)6-9-17-4-2-3-5-20(17)23(27)28;22-17-9-13-19(14-10-17)28(26,27)23-18-11-6-15(7-12-18)5-8-16-3-1-2-4-20(16)21(24)25/h2-5,7-8,10-14,26H,6,9H2,1H3,(H,27,28);1-4,6-7,9-14,23H,5,8H2,(H,24,25). The lowest BCUT2D eigenvalue weighted by molar-refractivity contribution is 0.0684. The van der Waals surface area contributed by atoms with Crippen LogP contribution in [-0.2, 0) is 45.7 Å². The number of sulfonamides is 2. The van der Waals surface area contributed by atoms with Gasteiger partial charge in [-0.15, -0.1) is 11.3 Å². The summed E-state index contributed by atoms with van der Waals surface area (Å²) in [5, 5.41) is 19.9. The highest BCUT2D eigenvalue weighted by Crippen LogP contribution is 2.36. The van der Waals surface area contributed by atoms with Crippen LogP contribution in [0.4, 0.5) is 15.8 Å². The molecule has 0 saturated carbocycles. The fourth-order valence-corrected chi connectivity index (χ4v) is 10.4. The largest absolute Gasteiger partial charge is 0.478 e. The summed E-state index contributed by atoms with van der Waals surface area (Å²) >= 11 is 7.27. The number of aryl methyl sites for hydroxylation is 5. The number of nitrogens with one attached hydrogen (secondary N) is 2. The molecule has 60 heavy (non-hydrogen) atoms. The molecule has 0 amide bonds. The number of carboxylic acid groups (broad SMARTS) is 2. The van der Waals surface area contributed by atoms with E-state index in [1.165, 1.54) is 23.5 Å². The highest BCUT2D eigenvalue weighted by molar-refractivity contribution is 7.95. The van der Waals surface area contributed by atoms with E-state index in [4.69, 9.17) is 11.6 Å². The smallest absolute Gasteiger partial charge is 0.335 e. The Labute approximate surface area is 356 Å². The maximum absolute atomic E-state index is 13.0. The molecule has 1 heterocycles. The number of rotatable bonds is 14. The molecule has 6 aromatic carbocycles. The second-order valence-electron chi connectivity index (χ2n) is 13.6. The van der Waals surface area contributed by atoms with E-state index in [-0.39, 0.29) is 14.7 Å². The second kappa shape index (κ2) is 18.9. The predicted octanol–water partition coefficient (Wildman–Crippen LogP) is 10.3. The number of thiophene rings is 1. The molecule has 7 rings (SSSR count). The average Bonchev–Trinajstić information content (AvgIpc) is 3.56. The van der Waals surface area contributed by atoms with Gasteiger partial charge in [0.05, 0.1) is 16.0 Å². The summed E-state index contributed by atoms with van der Waals surface area (Å²) in [4.78, 5) is 22.6. The molecule has 1 aromatic heterocycles. The number of hydrogen-bond acceptors (Lipinski definition) is 7. The first-order chi connectivity index (χ1) is 28.6. The lowest BCUT2D eigenvalue weighted by Crippen LogP contribution is -2.12. The second-order valence-corrected chi connectivity index (χ2v) is 18.7. The Bertz CT molecular complexity index is 2880. The van der Waals surface area contributed by atoms with Gasteiger partial charge in [0.15, 0.2) is 0 Å². The van der Waals surface area contributed by atoms with Gasteiger partial charge in [-0.25, -0.2) is 30.8 Å². The van der Waals surface area contributed by atoms with E-state index < -0.39 is 37.8 Å². The summed E-state index contributed by atoms with van der Waals surface area (Å²) in [5.74, 6) is -2.40. The molecule has 0 saturated heterocycles. The van der Waals surface area contributed by atoms with Crippen molar-refractivity contribution in [2.24, 2.45) is 0 Å². The Morgan fingerprint density at radius 1 is 0.617 bits per heavy atom. The zero-order chi connectivity index (χ0) is 43.0. The lowest BCUT2D eigenvalue weighted by Gasteiger charge is -2.10. The van der Waals surface area contributed by atoms with Gasteiger partial charge in [0, 0.05) is 21.1 Å². The Morgan fingerprint density at radius 2 is 1.08 bits per heavy atom.